The summed E-state index contributed by atoms with van der Waals surface area (Å²) in [7, 11) is 0. The smallest absolute Gasteiger partial charge is 0.322 e. The molecule has 25 heavy (non-hydrogen) atoms. The highest BCUT2D eigenvalue weighted by molar-refractivity contribution is 6.07. The van der Waals surface area contributed by atoms with Gasteiger partial charge < -0.3 is 15.1 Å². The second kappa shape index (κ2) is 6.87. The van der Waals surface area contributed by atoms with Crippen LogP contribution in [0.3, 0.4) is 0 Å². The van der Waals surface area contributed by atoms with Crippen molar-refractivity contribution in [2.24, 2.45) is 5.92 Å². The fourth-order valence-electron chi connectivity index (χ4n) is 3.61. The van der Waals surface area contributed by atoms with Crippen LogP contribution in [0.15, 0.2) is 22.8 Å². The Hall–Kier alpha value is -2.35. The van der Waals surface area contributed by atoms with Gasteiger partial charge in [-0.15, -0.1) is 0 Å². The summed E-state index contributed by atoms with van der Waals surface area (Å²) in [4.78, 5) is 37.9. The molecule has 3 N–H and O–H groups in total. The van der Waals surface area contributed by atoms with E-state index in [0.717, 1.165) is 19.4 Å². The standard InChI is InChI=1S/C17H24N4O4/c1-11(13-6-4-8-25-13)18-14(22)10-21-7-3-5-12(9-21)17(2)15(23)19-16(24)20-17/h4,6,8,11-12H,3,5,7,9-10H2,1-2H3,(H,18,22)(H2,19,20,23,24)/t11-,12-,17+/m0/s1. The van der Waals surface area contributed by atoms with Crippen LogP contribution in [-0.2, 0) is 9.59 Å². The SMILES string of the molecule is C[C@H](NC(=O)CN1CCC[C@H]([C@@]2(C)NC(=O)NC2=O)C1)c1ccco1. The molecule has 0 bridgehead atoms. The predicted molar refractivity (Wildman–Crippen MR) is 89.5 cm³/mol. The zero-order valence-electron chi connectivity index (χ0n) is 14.5. The summed E-state index contributed by atoms with van der Waals surface area (Å²) in [6, 6.07) is 2.97. The molecule has 3 atom stereocenters. The van der Waals surface area contributed by atoms with Gasteiger partial charge in [-0.05, 0) is 45.4 Å². The average molecular weight is 348 g/mol. The van der Waals surface area contributed by atoms with Crippen LogP contribution in [0, 0.1) is 5.92 Å². The minimum atomic E-state index is -0.909. The van der Waals surface area contributed by atoms with Gasteiger partial charge in [-0.25, -0.2) is 4.79 Å². The lowest BCUT2D eigenvalue weighted by molar-refractivity contribution is -0.126. The Kier molecular flexibility index (Phi) is 4.80. The number of furan rings is 1. The summed E-state index contributed by atoms with van der Waals surface area (Å²) >= 11 is 0. The fraction of sp³-hybridized carbons (Fsp3) is 0.588. The molecule has 2 aliphatic rings. The predicted octanol–water partition coefficient (Wildman–Crippen LogP) is 0.767. The Labute approximate surface area is 146 Å². The number of urea groups is 1. The molecule has 2 fully saturated rings. The van der Waals surface area contributed by atoms with Crippen LogP contribution < -0.4 is 16.0 Å². The molecule has 0 aromatic carbocycles. The molecular weight excluding hydrogens is 324 g/mol. The lowest BCUT2D eigenvalue weighted by atomic mass is 9.80. The van der Waals surface area contributed by atoms with Crippen LogP contribution in [0.2, 0.25) is 0 Å². The third-order valence-corrected chi connectivity index (χ3v) is 5.11. The van der Waals surface area contributed by atoms with Gasteiger partial charge in [0.2, 0.25) is 5.91 Å². The number of amides is 4. The molecule has 0 saturated carbocycles. The van der Waals surface area contributed by atoms with Crippen LogP contribution in [-0.4, -0.2) is 47.9 Å². The number of hydrogen-bond donors (Lipinski definition) is 3. The molecule has 1 aromatic heterocycles. The van der Waals surface area contributed by atoms with Crippen molar-refractivity contribution in [2.75, 3.05) is 19.6 Å². The molecule has 8 nitrogen and oxygen atoms in total. The number of nitrogens with one attached hydrogen (secondary N) is 3. The van der Waals surface area contributed by atoms with Crippen LogP contribution in [0.4, 0.5) is 4.79 Å². The zero-order valence-corrected chi connectivity index (χ0v) is 14.5. The van der Waals surface area contributed by atoms with Crippen LogP contribution in [0.25, 0.3) is 0 Å². The average Bonchev–Trinajstić information content (AvgIpc) is 3.17. The molecule has 0 unspecified atom stereocenters. The monoisotopic (exact) mass is 348 g/mol. The molecule has 4 amide bonds. The molecule has 0 radical (unpaired) electrons. The van der Waals surface area contributed by atoms with E-state index in [4.69, 9.17) is 4.42 Å². The van der Waals surface area contributed by atoms with E-state index in [2.05, 4.69) is 16.0 Å². The maximum Gasteiger partial charge on any atom is 0.322 e. The summed E-state index contributed by atoms with van der Waals surface area (Å²) in [5.41, 5.74) is -0.909. The third kappa shape index (κ3) is 3.68. The van der Waals surface area contributed by atoms with E-state index < -0.39 is 11.6 Å². The normalized spacial score (nSPS) is 28.3. The van der Waals surface area contributed by atoms with Gasteiger partial charge in [0.25, 0.3) is 5.91 Å². The number of rotatable bonds is 5. The van der Waals surface area contributed by atoms with E-state index in [0.29, 0.717) is 12.3 Å². The quantitative estimate of drug-likeness (QED) is 0.682. The first kappa shape index (κ1) is 17.5. The second-order valence-corrected chi connectivity index (χ2v) is 6.99. The first-order valence-corrected chi connectivity index (χ1v) is 8.57. The van der Waals surface area contributed by atoms with E-state index >= 15 is 0 Å². The van der Waals surface area contributed by atoms with Crippen molar-refractivity contribution in [3.8, 4) is 0 Å². The van der Waals surface area contributed by atoms with E-state index in [1.54, 1.807) is 19.3 Å². The molecule has 0 spiro atoms. The van der Waals surface area contributed by atoms with Crippen LogP contribution in [0.1, 0.15) is 38.5 Å². The third-order valence-electron chi connectivity index (χ3n) is 5.11. The molecule has 8 heteroatoms. The minimum absolute atomic E-state index is 0.0250. The summed E-state index contributed by atoms with van der Waals surface area (Å²) in [5.74, 6) is 0.306. The highest BCUT2D eigenvalue weighted by Crippen LogP contribution is 2.29. The van der Waals surface area contributed by atoms with Crippen molar-refractivity contribution in [3.63, 3.8) is 0 Å². The number of hydrogen-bond acceptors (Lipinski definition) is 5. The van der Waals surface area contributed by atoms with Crippen molar-refractivity contribution < 1.29 is 18.8 Å². The van der Waals surface area contributed by atoms with Crippen LogP contribution >= 0.6 is 0 Å². The molecule has 2 saturated heterocycles. The maximum absolute atomic E-state index is 12.3. The minimum Gasteiger partial charge on any atom is -0.467 e. The number of nitrogens with zero attached hydrogens (tertiary/aromatic N) is 1. The topological polar surface area (TPSA) is 104 Å². The summed E-state index contributed by atoms with van der Waals surface area (Å²) in [6.07, 6.45) is 3.30. The number of piperidine rings is 1. The Morgan fingerprint density at radius 1 is 1.52 bits per heavy atom. The molecule has 1 aromatic rings. The van der Waals surface area contributed by atoms with Gasteiger partial charge >= 0.3 is 6.03 Å². The molecule has 0 aliphatic carbocycles. The lowest BCUT2D eigenvalue weighted by Gasteiger charge is -2.39. The largest absolute Gasteiger partial charge is 0.467 e. The number of imide groups is 1. The van der Waals surface area contributed by atoms with Crippen molar-refractivity contribution in [1.29, 1.82) is 0 Å². The summed E-state index contributed by atoms with van der Waals surface area (Å²) in [6.45, 7) is 5.26. The van der Waals surface area contributed by atoms with Gasteiger partial charge in [0.05, 0.1) is 18.8 Å². The van der Waals surface area contributed by atoms with Crippen molar-refractivity contribution >= 4 is 17.8 Å². The number of likely N-dealkylation sites (tertiary alicyclic amines) is 1. The Morgan fingerprint density at radius 3 is 2.96 bits per heavy atom. The van der Waals surface area contributed by atoms with Gasteiger partial charge in [-0.1, -0.05) is 0 Å². The second-order valence-electron chi connectivity index (χ2n) is 6.99. The van der Waals surface area contributed by atoms with Crippen molar-refractivity contribution in [3.05, 3.63) is 24.2 Å². The highest BCUT2D eigenvalue weighted by atomic mass is 16.3. The Bertz CT molecular complexity index is 660. The maximum atomic E-state index is 12.3. The highest BCUT2D eigenvalue weighted by Gasteiger charge is 2.48. The molecular formula is C17H24N4O4. The van der Waals surface area contributed by atoms with Crippen molar-refractivity contribution in [1.82, 2.24) is 20.9 Å². The van der Waals surface area contributed by atoms with E-state index in [-0.39, 0.29) is 30.3 Å². The first-order chi connectivity index (χ1) is 11.9. The first-order valence-electron chi connectivity index (χ1n) is 8.57. The van der Waals surface area contributed by atoms with Crippen LogP contribution in [0.5, 0.6) is 0 Å². The summed E-state index contributed by atoms with van der Waals surface area (Å²) < 4.78 is 5.29. The van der Waals surface area contributed by atoms with Gasteiger partial charge in [0, 0.05) is 12.5 Å². The van der Waals surface area contributed by atoms with Gasteiger partial charge in [0.1, 0.15) is 11.3 Å². The van der Waals surface area contributed by atoms with E-state index in [1.807, 2.05) is 17.9 Å². The molecule has 3 rings (SSSR count). The van der Waals surface area contributed by atoms with E-state index in [9.17, 15) is 14.4 Å². The van der Waals surface area contributed by atoms with E-state index in [1.165, 1.54) is 0 Å². The lowest BCUT2D eigenvalue weighted by Crippen LogP contribution is -2.56. The molecule has 2 aliphatic heterocycles. The Morgan fingerprint density at radius 2 is 2.32 bits per heavy atom. The van der Waals surface area contributed by atoms with Crippen molar-refractivity contribution in [2.45, 2.75) is 38.3 Å². The van der Waals surface area contributed by atoms with Gasteiger partial charge in [-0.3, -0.25) is 19.8 Å². The fourth-order valence-corrected chi connectivity index (χ4v) is 3.61. The Balaban J connectivity index is 1.56. The van der Waals surface area contributed by atoms with Gasteiger partial charge in [-0.2, -0.15) is 0 Å². The molecule has 3 heterocycles. The summed E-state index contributed by atoms with van der Waals surface area (Å²) in [5, 5.41) is 7.96. The zero-order chi connectivity index (χ0) is 18.0. The number of carbonyl (C=O) groups excluding carboxylic acids is 3. The van der Waals surface area contributed by atoms with Gasteiger partial charge in [0.15, 0.2) is 0 Å². The number of carbonyl (C=O) groups is 3. The molecule has 136 valence electrons.